The zero-order valence-corrected chi connectivity index (χ0v) is 12.3. The van der Waals surface area contributed by atoms with Gasteiger partial charge in [0.05, 0.1) is 11.5 Å². The fourth-order valence-electron chi connectivity index (χ4n) is 2.37. The van der Waals surface area contributed by atoms with E-state index in [-0.39, 0.29) is 23.3 Å². The van der Waals surface area contributed by atoms with Crippen molar-refractivity contribution in [1.82, 2.24) is 5.32 Å². The molecule has 1 fully saturated rings. The van der Waals surface area contributed by atoms with Crippen LogP contribution in [0.5, 0.6) is 0 Å². The first-order valence-corrected chi connectivity index (χ1v) is 8.46. The lowest BCUT2D eigenvalue weighted by molar-refractivity contribution is -0.126. The average molecular weight is 296 g/mol. The summed E-state index contributed by atoms with van der Waals surface area (Å²) in [7, 11) is -2.91. The highest BCUT2D eigenvalue weighted by Gasteiger charge is 2.32. The number of sulfone groups is 1. The minimum Gasteiger partial charge on any atom is -0.354 e. The molecule has 1 aliphatic rings. The number of hydrogen-bond acceptors (Lipinski definition) is 4. The Labute approximate surface area is 119 Å². The molecular formula is C14H20N2O3S. The molecule has 2 rings (SSSR count). The first-order valence-electron chi connectivity index (χ1n) is 6.64. The van der Waals surface area contributed by atoms with Crippen LogP contribution in [0.15, 0.2) is 30.3 Å². The summed E-state index contributed by atoms with van der Waals surface area (Å²) >= 11 is 0. The number of carbonyl (C=O) groups is 1. The van der Waals surface area contributed by atoms with Gasteiger partial charge in [-0.3, -0.25) is 4.79 Å². The summed E-state index contributed by atoms with van der Waals surface area (Å²) in [6, 6.07) is 9.13. The molecular weight excluding hydrogens is 276 g/mol. The summed E-state index contributed by atoms with van der Waals surface area (Å²) in [5, 5.41) is 2.77. The van der Waals surface area contributed by atoms with E-state index >= 15 is 0 Å². The van der Waals surface area contributed by atoms with E-state index in [1.165, 1.54) is 0 Å². The van der Waals surface area contributed by atoms with Crippen LogP contribution in [0.1, 0.15) is 18.9 Å². The molecule has 5 nitrogen and oxygen atoms in total. The maximum Gasteiger partial charge on any atom is 0.244 e. The van der Waals surface area contributed by atoms with Gasteiger partial charge in [0, 0.05) is 6.54 Å². The van der Waals surface area contributed by atoms with Gasteiger partial charge in [-0.05, 0) is 24.8 Å². The van der Waals surface area contributed by atoms with Gasteiger partial charge in [-0.2, -0.15) is 0 Å². The quantitative estimate of drug-likeness (QED) is 0.842. The van der Waals surface area contributed by atoms with E-state index in [9.17, 15) is 13.2 Å². The first-order chi connectivity index (χ1) is 9.31. The molecule has 0 aliphatic carbocycles. The predicted octanol–water partition coefficient (Wildman–Crippen LogP) is 0.411. The fraction of sp³-hybridized carbons (Fsp3) is 0.500. The van der Waals surface area contributed by atoms with E-state index in [1.807, 2.05) is 18.2 Å². The van der Waals surface area contributed by atoms with Crippen LogP contribution in [-0.2, 0) is 20.2 Å². The number of carbonyl (C=O) groups excluding carboxylic acids is 1. The standard InChI is InChI=1S/C14H20N2O3S/c1-14(15,12-5-3-2-4-6-12)13(17)16-9-11-7-8-20(18,19)10-11/h2-6,11H,7-10,15H2,1H3,(H,16,17). The van der Waals surface area contributed by atoms with Gasteiger partial charge in [-0.15, -0.1) is 0 Å². The molecule has 110 valence electrons. The highest BCUT2D eigenvalue weighted by atomic mass is 32.2. The summed E-state index contributed by atoms with van der Waals surface area (Å²) in [6.45, 7) is 2.01. The molecule has 1 amide bonds. The summed E-state index contributed by atoms with van der Waals surface area (Å²) in [4.78, 5) is 12.2. The van der Waals surface area contributed by atoms with Gasteiger partial charge >= 0.3 is 0 Å². The molecule has 3 N–H and O–H groups in total. The normalized spacial score (nSPS) is 24.0. The van der Waals surface area contributed by atoms with Crippen LogP contribution in [0.25, 0.3) is 0 Å². The third-order valence-corrected chi connectivity index (χ3v) is 5.56. The minimum absolute atomic E-state index is 0.00415. The first kappa shape index (κ1) is 15.0. The zero-order valence-electron chi connectivity index (χ0n) is 11.5. The Bertz CT molecular complexity index is 582. The molecule has 1 aliphatic heterocycles. The van der Waals surface area contributed by atoms with Gasteiger partial charge in [0.1, 0.15) is 5.54 Å². The number of benzene rings is 1. The van der Waals surface area contributed by atoms with Crippen molar-refractivity contribution in [2.75, 3.05) is 18.1 Å². The molecule has 1 aromatic rings. The van der Waals surface area contributed by atoms with Crippen molar-refractivity contribution >= 4 is 15.7 Å². The van der Waals surface area contributed by atoms with E-state index in [2.05, 4.69) is 5.32 Å². The van der Waals surface area contributed by atoms with Crippen molar-refractivity contribution in [1.29, 1.82) is 0 Å². The largest absolute Gasteiger partial charge is 0.354 e. The number of nitrogens with one attached hydrogen (secondary N) is 1. The second kappa shape index (κ2) is 5.54. The van der Waals surface area contributed by atoms with Gasteiger partial charge < -0.3 is 11.1 Å². The molecule has 6 heteroatoms. The van der Waals surface area contributed by atoms with Crippen molar-refractivity contribution in [3.05, 3.63) is 35.9 Å². The lowest BCUT2D eigenvalue weighted by Gasteiger charge is -2.24. The van der Waals surface area contributed by atoms with Crippen LogP contribution in [0.4, 0.5) is 0 Å². The third kappa shape index (κ3) is 3.37. The van der Waals surface area contributed by atoms with Gasteiger partial charge in [0.25, 0.3) is 0 Å². The van der Waals surface area contributed by atoms with Crippen LogP contribution >= 0.6 is 0 Å². The Morgan fingerprint density at radius 1 is 1.40 bits per heavy atom. The maximum absolute atomic E-state index is 12.2. The minimum atomic E-state index is -2.91. The number of rotatable bonds is 4. The van der Waals surface area contributed by atoms with Crippen molar-refractivity contribution in [3.63, 3.8) is 0 Å². The molecule has 2 atom stereocenters. The lowest BCUT2D eigenvalue weighted by atomic mass is 9.92. The Balaban J connectivity index is 1.95. The molecule has 1 heterocycles. The lowest BCUT2D eigenvalue weighted by Crippen LogP contribution is -2.50. The molecule has 1 saturated heterocycles. The van der Waals surface area contributed by atoms with E-state index in [1.54, 1.807) is 19.1 Å². The van der Waals surface area contributed by atoms with Gasteiger partial charge in [0.2, 0.25) is 5.91 Å². The van der Waals surface area contributed by atoms with Crippen LogP contribution in [-0.4, -0.2) is 32.4 Å². The Kier molecular flexibility index (Phi) is 4.15. The smallest absolute Gasteiger partial charge is 0.244 e. The van der Waals surface area contributed by atoms with Gasteiger partial charge in [-0.1, -0.05) is 30.3 Å². The van der Waals surface area contributed by atoms with Gasteiger partial charge in [-0.25, -0.2) is 8.42 Å². The SMILES string of the molecule is CC(N)(C(=O)NCC1CCS(=O)(=O)C1)c1ccccc1. The van der Waals surface area contributed by atoms with Gasteiger partial charge in [0.15, 0.2) is 9.84 Å². The van der Waals surface area contributed by atoms with E-state index in [4.69, 9.17) is 5.73 Å². The van der Waals surface area contributed by atoms with Crippen LogP contribution in [0.3, 0.4) is 0 Å². The number of amides is 1. The Morgan fingerprint density at radius 2 is 2.05 bits per heavy atom. The Hall–Kier alpha value is -1.40. The monoisotopic (exact) mass is 296 g/mol. The van der Waals surface area contributed by atoms with E-state index in [0.717, 1.165) is 5.56 Å². The molecule has 2 unspecified atom stereocenters. The summed E-state index contributed by atoms with van der Waals surface area (Å²) < 4.78 is 22.7. The molecule has 20 heavy (non-hydrogen) atoms. The highest BCUT2D eigenvalue weighted by Crippen LogP contribution is 2.20. The summed E-state index contributed by atoms with van der Waals surface area (Å²) in [5.74, 6) is 0.0787. The third-order valence-electron chi connectivity index (χ3n) is 3.72. The molecule has 0 spiro atoms. The van der Waals surface area contributed by atoms with E-state index in [0.29, 0.717) is 13.0 Å². The topological polar surface area (TPSA) is 89.3 Å². The molecule has 0 bridgehead atoms. The van der Waals surface area contributed by atoms with E-state index < -0.39 is 15.4 Å². The highest BCUT2D eigenvalue weighted by molar-refractivity contribution is 7.91. The molecule has 0 aromatic heterocycles. The zero-order chi connectivity index (χ0) is 14.8. The number of nitrogens with two attached hydrogens (primary N) is 1. The molecule has 0 saturated carbocycles. The second-order valence-corrected chi connectivity index (χ2v) is 7.78. The maximum atomic E-state index is 12.2. The fourth-order valence-corrected chi connectivity index (χ4v) is 4.23. The van der Waals surface area contributed by atoms with Crippen LogP contribution in [0.2, 0.25) is 0 Å². The van der Waals surface area contributed by atoms with Crippen molar-refractivity contribution < 1.29 is 13.2 Å². The summed E-state index contributed by atoms with van der Waals surface area (Å²) in [5.41, 5.74) is 5.71. The molecule has 1 aromatic carbocycles. The average Bonchev–Trinajstić information content (AvgIpc) is 2.76. The summed E-state index contributed by atoms with van der Waals surface area (Å²) in [6.07, 6.45) is 0.606. The second-order valence-electron chi connectivity index (χ2n) is 5.55. The van der Waals surface area contributed by atoms with Crippen LogP contribution < -0.4 is 11.1 Å². The van der Waals surface area contributed by atoms with Crippen molar-refractivity contribution in [2.45, 2.75) is 18.9 Å². The Morgan fingerprint density at radius 3 is 2.60 bits per heavy atom. The van der Waals surface area contributed by atoms with Crippen molar-refractivity contribution in [3.8, 4) is 0 Å². The molecule has 0 radical (unpaired) electrons. The van der Waals surface area contributed by atoms with Crippen molar-refractivity contribution in [2.24, 2.45) is 11.7 Å². The number of hydrogen-bond donors (Lipinski definition) is 2. The van der Waals surface area contributed by atoms with Crippen LogP contribution in [0, 0.1) is 5.92 Å². The predicted molar refractivity (Wildman–Crippen MR) is 77.8 cm³/mol.